The number of ether oxygens (including phenoxy) is 1. The zero-order valence-electron chi connectivity index (χ0n) is 18.9. The molecule has 0 aliphatic rings. The van der Waals surface area contributed by atoms with Crippen molar-refractivity contribution in [2.24, 2.45) is 5.10 Å². The summed E-state index contributed by atoms with van der Waals surface area (Å²) in [5.74, 6) is 0.490. The molecule has 0 radical (unpaired) electrons. The van der Waals surface area contributed by atoms with E-state index in [9.17, 15) is 14.9 Å². The van der Waals surface area contributed by atoms with Crippen molar-refractivity contribution >= 4 is 50.3 Å². The lowest BCUT2D eigenvalue weighted by molar-refractivity contribution is -0.386. The summed E-state index contributed by atoms with van der Waals surface area (Å²) in [5.41, 5.74) is -0.292. The maximum absolute atomic E-state index is 13.3. The highest BCUT2D eigenvalue weighted by Gasteiger charge is 2.24. The second-order valence-electron chi connectivity index (χ2n) is 8.65. The summed E-state index contributed by atoms with van der Waals surface area (Å²) in [6, 6.07) is 8.02. The molecule has 3 aromatic rings. The van der Waals surface area contributed by atoms with E-state index in [1.54, 1.807) is 12.1 Å². The molecule has 8 nitrogen and oxygen atoms in total. The van der Waals surface area contributed by atoms with Gasteiger partial charge in [-0.05, 0) is 37.6 Å². The van der Waals surface area contributed by atoms with Gasteiger partial charge < -0.3 is 4.74 Å². The maximum atomic E-state index is 13.3. The Kier molecular flexibility index (Phi) is 7.23. The molecule has 1 atom stereocenters. The number of nitrogens with zero attached hydrogens (tertiary/aromatic N) is 4. The predicted molar refractivity (Wildman–Crippen MR) is 134 cm³/mol. The lowest BCUT2D eigenvalue weighted by Gasteiger charge is -2.21. The molecule has 174 valence electrons. The van der Waals surface area contributed by atoms with Crippen LogP contribution in [0.25, 0.3) is 10.9 Å². The summed E-state index contributed by atoms with van der Waals surface area (Å²) in [4.78, 5) is 29.1. The number of rotatable bonds is 6. The van der Waals surface area contributed by atoms with Crippen molar-refractivity contribution in [1.29, 1.82) is 0 Å². The Hall–Kier alpha value is -2.78. The molecule has 0 bridgehead atoms. The highest BCUT2D eigenvalue weighted by Crippen LogP contribution is 2.35. The van der Waals surface area contributed by atoms with Crippen molar-refractivity contribution in [2.75, 3.05) is 0 Å². The van der Waals surface area contributed by atoms with E-state index >= 15 is 0 Å². The Morgan fingerprint density at radius 3 is 2.64 bits per heavy atom. The summed E-state index contributed by atoms with van der Waals surface area (Å²) < 4.78 is 7.80. The molecule has 0 fully saturated rings. The van der Waals surface area contributed by atoms with Crippen molar-refractivity contribution in [3.63, 3.8) is 0 Å². The first kappa shape index (κ1) is 24.9. The molecule has 0 aliphatic heterocycles. The first-order valence-corrected chi connectivity index (χ1v) is 11.5. The van der Waals surface area contributed by atoms with Crippen LogP contribution in [-0.4, -0.2) is 26.9 Å². The molecule has 10 heteroatoms. The van der Waals surface area contributed by atoms with Crippen LogP contribution in [0, 0.1) is 10.1 Å². The van der Waals surface area contributed by atoms with Crippen LogP contribution in [0.2, 0.25) is 5.02 Å². The SMILES string of the molecule is CC[C@H](C)Oc1c(C=Nn2c(C(C)(C)C)nc3ccc(Br)cc3c2=O)cc(Cl)cc1[N+](=O)[O-]. The van der Waals surface area contributed by atoms with E-state index in [0.29, 0.717) is 23.1 Å². The van der Waals surface area contributed by atoms with E-state index in [0.717, 1.165) is 4.47 Å². The molecule has 1 aromatic heterocycles. The summed E-state index contributed by atoms with van der Waals surface area (Å²) in [7, 11) is 0. The third-order valence-corrected chi connectivity index (χ3v) is 5.66. The number of fused-ring (bicyclic) bond motifs is 1. The third kappa shape index (κ3) is 5.42. The fourth-order valence-corrected chi connectivity index (χ4v) is 3.69. The largest absolute Gasteiger partial charge is 0.483 e. The first-order valence-electron chi connectivity index (χ1n) is 10.3. The van der Waals surface area contributed by atoms with E-state index in [1.165, 1.54) is 23.0 Å². The summed E-state index contributed by atoms with van der Waals surface area (Å²) >= 11 is 9.53. The van der Waals surface area contributed by atoms with Gasteiger partial charge in [-0.15, -0.1) is 0 Å². The van der Waals surface area contributed by atoms with E-state index in [4.69, 9.17) is 16.3 Å². The van der Waals surface area contributed by atoms with E-state index in [1.807, 2.05) is 40.7 Å². The third-order valence-electron chi connectivity index (χ3n) is 4.94. The number of nitro groups is 1. The van der Waals surface area contributed by atoms with Crippen molar-refractivity contribution in [2.45, 2.75) is 52.6 Å². The van der Waals surface area contributed by atoms with Gasteiger partial charge in [0, 0.05) is 26.5 Å². The summed E-state index contributed by atoms with van der Waals surface area (Å²) in [5, 5.41) is 16.6. The number of hydrogen-bond acceptors (Lipinski definition) is 6. The minimum absolute atomic E-state index is 0.0457. The van der Waals surface area contributed by atoms with Crippen LogP contribution >= 0.6 is 27.5 Å². The fourth-order valence-electron chi connectivity index (χ4n) is 3.11. The number of nitro benzene ring substituents is 1. The number of halogens is 2. The van der Waals surface area contributed by atoms with Crippen LogP contribution < -0.4 is 10.3 Å². The van der Waals surface area contributed by atoms with Crippen LogP contribution in [-0.2, 0) is 5.41 Å². The quantitative estimate of drug-likeness (QED) is 0.216. The minimum atomic E-state index is -0.553. The Morgan fingerprint density at radius 2 is 2.03 bits per heavy atom. The second kappa shape index (κ2) is 9.61. The Bertz CT molecular complexity index is 1310. The van der Waals surface area contributed by atoms with Crippen LogP contribution in [0.1, 0.15) is 52.4 Å². The zero-order chi connectivity index (χ0) is 24.5. The number of benzene rings is 2. The molecule has 3 rings (SSSR count). The molecular formula is C23H24BrClN4O4. The average Bonchev–Trinajstić information content (AvgIpc) is 2.73. The molecule has 0 unspecified atom stereocenters. The monoisotopic (exact) mass is 534 g/mol. The maximum Gasteiger partial charge on any atom is 0.313 e. The smallest absolute Gasteiger partial charge is 0.313 e. The van der Waals surface area contributed by atoms with Crippen molar-refractivity contribution in [1.82, 2.24) is 9.66 Å². The fraction of sp³-hybridized carbons (Fsp3) is 0.348. The number of aromatic nitrogens is 2. The van der Waals surface area contributed by atoms with Gasteiger partial charge in [0.05, 0.1) is 28.1 Å². The molecule has 0 amide bonds. The van der Waals surface area contributed by atoms with Crippen LogP contribution in [0.15, 0.2) is 44.7 Å². The van der Waals surface area contributed by atoms with Gasteiger partial charge in [0.15, 0.2) is 0 Å². The summed E-state index contributed by atoms with van der Waals surface area (Å²) in [6.07, 6.45) is 1.72. The Balaban J connectivity index is 2.27. The molecule has 0 N–H and O–H groups in total. The van der Waals surface area contributed by atoms with Crippen molar-refractivity contribution in [3.05, 3.63) is 71.7 Å². The Morgan fingerprint density at radius 1 is 1.33 bits per heavy atom. The van der Waals surface area contributed by atoms with E-state index in [2.05, 4.69) is 26.0 Å². The van der Waals surface area contributed by atoms with Gasteiger partial charge >= 0.3 is 5.69 Å². The molecule has 0 spiro atoms. The topological polar surface area (TPSA) is 99.6 Å². The van der Waals surface area contributed by atoms with E-state index < -0.39 is 10.3 Å². The molecule has 33 heavy (non-hydrogen) atoms. The highest BCUT2D eigenvalue weighted by molar-refractivity contribution is 9.10. The average molecular weight is 536 g/mol. The predicted octanol–water partition coefficient (Wildman–Crippen LogP) is 6.08. The van der Waals surface area contributed by atoms with Gasteiger partial charge in [0.2, 0.25) is 5.75 Å². The van der Waals surface area contributed by atoms with Gasteiger partial charge in [-0.2, -0.15) is 9.78 Å². The lowest BCUT2D eigenvalue weighted by Crippen LogP contribution is -2.29. The molecule has 0 saturated heterocycles. The van der Waals surface area contributed by atoms with Gasteiger partial charge in [-0.25, -0.2) is 4.98 Å². The van der Waals surface area contributed by atoms with Gasteiger partial charge in [-0.3, -0.25) is 14.9 Å². The van der Waals surface area contributed by atoms with Crippen molar-refractivity contribution in [3.8, 4) is 5.75 Å². The Labute approximate surface area is 204 Å². The van der Waals surface area contributed by atoms with Gasteiger partial charge in [0.1, 0.15) is 5.82 Å². The highest BCUT2D eigenvalue weighted by atomic mass is 79.9. The van der Waals surface area contributed by atoms with Crippen LogP contribution in [0.4, 0.5) is 5.69 Å². The van der Waals surface area contributed by atoms with E-state index in [-0.39, 0.29) is 33.7 Å². The standard InChI is InChI=1S/C23H24BrClN4O4/c1-6-13(2)33-20-14(9-16(25)11-19(20)29(31)32)12-26-28-21(30)17-10-15(24)7-8-18(17)27-22(28)23(3,4)5/h7-13H,6H2,1-5H3/t13-/m0/s1. The van der Waals surface area contributed by atoms with Gasteiger partial charge in [-0.1, -0.05) is 55.2 Å². The van der Waals surface area contributed by atoms with Crippen LogP contribution in [0.5, 0.6) is 5.75 Å². The summed E-state index contributed by atoms with van der Waals surface area (Å²) in [6.45, 7) is 9.49. The lowest BCUT2D eigenvalue weighted by atomic mass is 9.95. The number of hydrogen-bond donors (Lipinski definition) is 0. The van der Waals surface area contributed by atoms with Gasteiger partial charge in [0.25, 0.3) is 5.56 Å². The molecule has 0 aliphatic carbocycles. The molecule has 2 aromatic carbocycles. The molecular weight excluding hydrogens is 512 g/mol. The van der Waals surface area contributed by atoms with Crippen molar-refractivity contribution < 1.29 is 9.66 Å². The zero-order valence-corrected chi connectivity index (χ0v) is 21.3. The normalized spacial score (nSPS) is 12.9. The molecule has 1 heterocycles. The minimum Gasteiger partial charge on any atom is -0.483 e. The first-order chi connectivity index (χ1) is 15.4. The second-order valence-corrected chi connectivity index (χ2v) is 10.00. The molecule has 0 saturated carbocycles. The van der Waals surface area contributed by atoms with Crippen LogP contribution in [0.3, 0.4) is 0 Å².